The molecular weight excluding hydrogens is 893 g/mol. The number of phenols is 4. The number of likely N-dealkylation sites (N-methyl/N-ethyl adjacent to an activating group) is 1. The molecular formula is C59H65N4O8-. The van der Waals surface area contributed by atoms with Gasteiger partial charge in [0.1, 0.15) is 17.4 Å². The summed E-state index contributed by atoms with van der Waals surface area (Å²) >= 11 is 0. The molecule has 8 atom stereocenters. The molecule has 0 radical (unpaired) electrons. The number of ketones is 1. The Kier molecular flexibility index (Phi) is 13.4. The van der Waals surface area contributed by atoms with E-state index in [1.54, 1.807) is 48.8 Å². The lowest BCUT2D eigenvalue weighted by atomic mass is 9.58. The van der Waals surface area contributed by atoms with Gasteiger partial charge in [-0.05, 0) is 169 Å². The number of nitrogens with one attached hydrogen (secondary N) is 2. The van der Waals surface area contributed by atoms with E-state index in [0.29, 0.717) is 61.9 Å². The fourth-order valence-corrected chi connectivity index (χ4v) is 13.1. The third-order valence-corrected chi connectivity index (χ3v) is 16.2. The van der Waals surface area contributed by atoms with Crippen LogP contribution in [-0.2, 0) is 28.5 Å². The second-order valence-corrected chi connectivity index (χ2v) is 20.8. The maximum atomic E-state index is 16.4. The predicted molar refractivity (Wildman–Crippen MR) is 276 cm³/mol. The molecule has 4 aliphatic rings. The zero-order valence-electron chi connectivity index (χ0n) is 40.8. The number of phenolic OH excluding ortho intramolecular Hbond substituents is 4. The average Bonchev–Trinajstić information content (AvgIpc) is 4.04. The largest absolute Gasteiger partial charge is 0.668 e. The number of methoxy groups -OCH3 is 1. The van der Waals surface area contributed by atoms with E-state index in [2.05, 4.69) is 41.9 Å². The maximum Gasteiger partial charge on any atom is 0.200 e. The van der Waals surface area contributed by atoms with Crippen LogP contribution in [0.25, 0.3) is 16.8 Å². The second kappa shape index (κ2) is 19.8. The molecule has 0 saturated heterocycles. The number of allylic oxidation sites excluding steroid dienone is 1. The molecule has 1 saturated carbocycles. The van der Waals surface area contributed by atoms with Crippen LogP contribution in [0.2, 0.25) is 0 Å². The maximum absolute atomic E-state index is 16.4. The number of aromatic nitrogens is 2. The Balaban J connectivity index is 1.17. The number of pyridine rings is 1. The van der Waals surface area contributed by atoms with Crippen LogP contribution >= 0.6 is 0 Å². The summed E-state index contributed by atoms with van der Waals surface area (Å²) in [5.41, 5.74) is 4.31. The van der Waals surface area contributed by atoms with E-state index in [-0.39, 0.29) is 59.2 Å². The molecule has 4 aromatic carbocycles. The quantitative estimate of drug-likeness (QED) is 0.0430. The Bertz CT molecular complexity index is 2990. The Hall–Kier alpha value is -6.76. The van der Waals surface area contributed by atoms with E-state index < -0.39 is 28.8 Å². The summed E-state index contributed by atoms with van der Waals surface area (Å²) in [5, 5.41) is 66.6. The van der Waals surface area contributed by atoms with E-state index in [1.165, 1.54) is 7.11 Å². The van der Waals surface area contributed by atoms with E-state index >= 15 is 4.79 Å². The highest BCUT2D eigenvalue weighted by molar-refractivity contribution is 6.01. The lowest BCUT2D eigenvalue weighted by molar-refractivity contribution is -0.132. The van der Waals surface area contributed by atoms with Gasteiger partial charge in [-0.3, -0.25) is 4.79 Å². The number of anilines is 2. The molecule has 2 bridgehead atoms. The summed E-state index contributed by atoms with van der Waals surface area (Å²) in [5.74, 6) is -0.504. The Labute approximate surface area is 415 Å². The van der Waals surface area contributed by atoms with Gasteiger partial charge in [-0.2, -0.15) is 11.9 Å². The minimum Gasteiger partial charge on any atom is -0.668 e. The third kappa shape index (κ3) is 9.24. The number of ether oxygens (including phenoxy) is 2. The summed E-state index contributed by atoms with van der Waals surface area (Å²) in [6.45, 7) is 2.98. The van der Waals surface area contributed by atoms with Gasteiger partial charge in [0.25, 0.3) is 0 Å². The van der Waals surface area contributed by atoms with Gasteiger partial charge in [0, 0.05) is 41.6 Å². The number of carbonyl (C=O) groups is 1. The topological polar surface area (TPSA) is 188 Å². The number of aliphatic hydroxyl groups excluding tert-OH is 1. The average molecular weight is 958 g/mol. The van der Waals surface area contributed by atoms with Crippen molar-refractivity contribution in [3.05, 3.63) is 143 Å². The Morgan fingerprint density at radius 2 is 1.87 bits per heavy atom. The molecule has 0 amide bonds. The summed E-state index contributed by atoms with van der Waals surface area (Å²) in [4.78, 5) is 26.1. The number of rotatable bonds is 13. The molecule has 6 aromatic rings. The molecule has 12 heteroatoms. The highest BCUT2D eigenvalue weighted by atomic mass is 16.5. The number of hydrogen-bond donors (Lipinski definition) is 7. The molecule has 1 fully saturated rings. The van der Waals surface area contributed by atoms with Crippen molar-refractivity contribution < 1.29 is 39.8 Å². The highest BCUT2D eigenvalue weighted by Gasteiger charge is 2.55. The van der Waals surface area contributed by atoms with Crippen molar-refractivity contribution in [3.63, 3.8) is 0 Å². The summed E-state index contributed by atoms with van der Waals surface area (Å²) < 4.78 is 11.9. The van der Waals surface area contributed by atoms with Crippen molar-refractivity contribution in [2.45, 2.75) is 94.0 Å². The van der Waals surface area contributed by atoms with E-state index in [9.17, 15) is 25.5 Å². The molecule has 71 heavy (non-hydrogen) atoms. The fourth-order valence-electron chi connectivity index (χ4n) is 13.1. The van der Waals surface area contributed by atoms with Crippen molar-refractivity contribution in [2.24, 2.45) is 23.7 Å². The smallest absolute Gasteiger partial charge is 0.200 e. The van der Waals surface area contributed by atoms with Gasteiger partial charge in [0.05, 0.1) is 25.7 Å². The Morgan fingerprint density at radius 3 is 2.68 bits per heavy atom. The number of Topliss-reactive ketones (excluding diaryl/α,β-unsaturated/α-hetero) is 1. The zero-order chi connectivity index (χ0) is 49.4. The third-order valence-electron chi connectivity index (χ3n) is 16.2. The second-order valence-electron chi connectivity index (χ2n) is 20.8. The number of aliphatic hydroxyl groups is 1. The van der Waals surface area contributed by atoms with Crippen molar-refractivity contribution in [2.75, 3.05) is 32.6 Å². The van der Waals surface area contributed by atoms with Gasteiger partial charge in [-0.25, -0.2) is 4.98 Å². The minimum absolute atomic E-state index is 0.0111. The van der Waals surface area contributed by atoms with Gasteiger partial charge in [-0.1, -0.05) is 61.9 Å². The first-order chi connectivity index (χ1) is 34.4. The van der Waals surface area contributed by atoms with Crippen LogP contribution in [-0.4, -0.2) is 69.7 Å². The molecule has 370 valence electrons. The van der Waals surface area contributed by atoms with Crippen LogP contribution in [0, 0.1) is 23.7 Å². The zero-order valence-corrected chi connectivity index (χ0v) is 40.8. The number of fused-ring (bicyclic) bond motifs is 3. The lowest BCUT2D eigenvalue weighted by Crippen LogP contribution is -2.50. The van der Waals surface area contributed by atoms with Gasteiger partial charge in [0.15, 0.2) is 23.0 Å². The number of hydrogen-bond acceptors (Lipinski definition) is 11. The van der Waals surface area contributed by atoms with Crippen LogP contribution in [0.15, 0.2) is 109 Å². The van der Waals surface area contributed by atoms with Crippen LogP contribution in [0.3, 0.4) is 0 Å². The highest BCUT2D eigenvalue weighted by Crippen LogP contribution is 2.57. The molecule has 1 spiro atoms. The first-order valence-electron chi connectivity index (χ1n) is 25.2. The van der Waals surface area contributed by atoms with Crippen LogP contribution in [0.4, 0.5) is 11.5 Å². The number of aryl methyl sites for hydroxylation is 1. The SMILES string of the molecule is CNCC12C=Cc3cc(O)cc4ccc(c1c34)Nc1cc(ccn1)C1(CCCC1Cc1ccc[n-]1)C(C(O)CCc1ccc(O)c(OC)c1)C(=O)CC(c1cc(O)c(O)c(OCC3C=CCC(C)C3)c1)C2. The first-order valence-corrected chi connectivity index (χ1v) is 25.2. The van der Waals surface area contributed by atoms with E-state index in [4.69, 9.17) is 19.4 Å². The van der Waals surface area contributed by atoms with Gasteiger partial charge < -0.3 is 50.6 Å². The Morgan fingerprint density at radius 1 is 1.00 bits per heavy atom. The van der Waals surface area contributed by atoms with Crippen LogP contribution < -0.4 is 25.1 Å². The summed E-state index contributed by atoms with van der Waals surface area (Å²) in [6.07, 6.45) is 16.9. The molecule has 3 aliphatic carbocycles. The van der Waals surface area contributed by atoms with Crippen LogP contribution in [0.5, 0.6) is 34.5 Å². The molecule has 8 unspecified atom stereocenters. The van der Waals surface area contributed by atoms with E-state index in [1.807, 2.05) is 49.5 Å². The van der Waals surface area contributed by atoms with Crippen molar-refractivity contribution >= 4 is 34.1 Å². The monoisotopic (exact) mass is 957 g/mol. The van der Waals surface area contributed by atoms with Gasteiger partial charge in [0.2, 0.25) is 5.75 Å². The summed E-state index contributed by atoms with van der Waals surface area (Å²) in [7, 11) is 3.42. The van der Waals surface area contributed by atoms with Crippen molar-refractivity contribution in [1.82, 2.24) is 15.3 Å². The predicted octanol–water partition coefficient (Wildman–Crippen LogP) is 10.3. The molecule has 2 aromatic heterocycles. The number of nitrogens with zero attached hydrogens (tertiary/aromatic N) is 2. The standard InChI is InChI=1S/C59H65N4O8/c1-35-7-4-8-37(23-35)33-71-52-29-40(27-50(68)57(52)69)41-28-49(67)56(48(66)16-12-36-11-15-47(65)51(24-36)70-3)59(19-5-9-42(59)30-44-10-6-21-61-44)43-18-22-62-53(31-43)63-46-14-13-38-25-45(64)26-39-17-20-58(32-41,34-60-2)55(46)54(38)39/h4,6,8,10-11,13-15,17-18,20-22,24-27,29,31,35,37,41-42,48,56,60,64-66,68-69H,5,7,9,12,16,19,23,28,30,32-34H2,1-3H3,(H,62,63)/q-1. The van der Waals surface area contributed by atoms with E-state index in [0.717, 1.165) is 70.1 Å². The number of aromatic hydroxyl groups is 4. The van der Waals surface area contributed by atoms with Crippen LogP contribution in [0.1, 0.15) is 97.7 Å². The molecule has 10 rings (SSSR count). The van der Waals surface area contributed by atoms with Gasteiger partial charge >= 0.3 is 0 Å². The van der Waals surface area contributed by atoms with Crippen molar-refractivity contribution in [1.29, 1.82) is 0 Å². The van der Waals surface area contributed by atoms with Gasteiger partial charge in [-0.15, -0.1) is 0 Å². The molecule has 1 aliphatic heterocycles. The minimum atomic E-state index is -1.11. The number of carbonyl (C=O) groups excluding carboxylic acids is 1. The van der Waals surface area contributed by atoms with Crippen molar-refractivity contribution in [3.8, 4) is 34.5 Å². The number of benzene rings is 4. The molecule has 3 heterocycles. The molecule has 7 N–H and O–H groups in total. The first kappa shape index (κ1) is 47.9. The fraction of sp³-hybridized carbons (Fsp3) is 0.390. The molecule has 12 nitrogen and oxygen atoms in total. The lowest BCUT2D eigenvalue weighted by Gasteiger charge is -2.46. The normalized spacial score (nSPS) is 25.3. The summed E-state index contributed by atoms with van der Waals surface area (Å²) in [6, 6.07) is 24.2.